The minimum absolute atomic E-state index is 0.00693. The maximum Gasteiger partial charge on any atom is 0.251 e. The normalized spacial score (nSPS) is 28.1. The van der Waals surface area contributed by atoms with Crippen LogP contribution in [0.1, 0.15) is 63.5 Å². The molecule has 3 saturated heterocycles. The molecular formula is C33H47N3O4S. The zero-order chi connectivity index (χ0) is 29.9. The van der Waals surface area contributed by atoms with Gasteiger partial charge in [-0.25, -0.2) is 0 Å². The quantitative estimate of drug-likeness (QED) is 0.250. The van der Waals surface area contributed by atoms with E-state index in [-0.39, 0.29) is 24.3 Å². The number of aliphatic hydroxyl groups excluding tert-OH is 1. The summed E-state index contributed by atoms with van der Waals surface area (Å²) in [7, 11) is 0. The molecule has 224 valence electrons. The molecule has 0 aliphatic carbocycles. The first kappa shape index (κ1) is 31.4. The van der Waals surface area contributed by atoms with E-state index < -0.39 is 27.4 Å². The Morgan fingerprint density at radius 1 is 1.12 bits per heavy atom. The Bertz CT molecular complexity index is 1190. The van der Waals surface area contributed by atoms with Gasteiger partial charge in [-0.1, -0.05) is 31.2 Å². The molecule has 0 saturated carbocycles. The molecule has 1 spiro atoms. The van der Waals surface area contributed by atoms with Crippen LogP contribution in [0.25, 0.3) is 0 Å². The van der Waals surface area contributed by atoms with Crippen molar-refractivity contribution in [1.29, 1.82) is 0 Å². The van der Waals surface area contributed by atoms with E-state index in [1.54, 1.807) is 33.7 Å². The van der Waals surface area contributed by atoms with Crippen molar-refractivity contribution < 1.29 is 19.5 Å². The van der Waals surface area contributed by atoms with Crippen LogP contribution in [0.2, 0.25) is 0 Å². The van der Waals surface area contributed by atoms with E-state index in [2.05, 4.69) is 20.1 Å². The number of thioether (sulfide) groups is 1. The fraction of sp³-hybridized carbons (Fsp3) is 0.606. The summed E-state index contributed by atoms with van der Waals surface area (Å²) < 4.78 is -1.07. The van der Waals surface area contributed by atoms with Gasteiger partial charge in [0.1, 0.15) is 6.04 Å². The van der Waals surface area contributed by atoms with Gasteiger partial charge in [-0.15, -0.1) is 24.9 Å². The molecule has 5 atom stereocenters. The van der Waals surface area contributed by atoms with Gasteiger partial charge in [-0.3, -0.25) is 14.4 Å². The summed E-state index contributed by atoms with van der Waals surface area (Å²) in [5.41, 5.74) is 2.88. The zero-order valence-electron chi connectivity index (χ0n) is 25.2. The highest BCUT2D eigenvalue weighted by atomic mass is 32.2. The molecule has 0 aromatic heterocycles. The van der Waals surface area contributed by atoms with Crippen molar-refractivity contribution in [2.24, 2.45) is 11.8 Å². The van der Waals surface area contributed by atoms with Crippen molar-refractivity contribution >= 4 is 35.2 Å². The van der Waals surface area contributed by atoms with Crippen molar-refractivity contribution in [2.75, 3.05) is 37.7 Å². The Kier molecular flexibility index (Phi) is 9.74. The number of aryl methyl sites for hydroxylation is 2. The smallest absolute Gasteiger partial charge is 0.251 e. The fourth-order valence-corrected chi connectivity index (χ4v) is 9.74. The van der Waals surface area contributed by atoms with E-state index in [0.717, 1.165) is 42.5 Å². The molecule has 3 aliphatic rings. The van der Waals surface area contributed by atoms with E-state index in [1.807, 2.05) is 43.9 Å². The Labute approximate surface area is 250 Å². The average Bonchev–Trinajstić information content (AvgIpc) is 3.51. The van der Waals surface area contributed by atoms with E-state index >= 15 is 0 Å². The molecular weight excluding hydrogens is 534 g/mol. The van der Waals surface area contributed by atoms with Crippen LogP contribution < -0.4 is 4.90 Å². The van der Waals surface area contributed by atoms with Crippen LogP contribution in [0.4, 0.5) is 5.69 Å². The summed E-state index contributed by atoms with van der Waals surface area (Å²) in [4.78, 5) is 48.9. The molecule has 3 amide bonds. The molecule has 41 heavy (non-hydrogen) atoms. The molecule has 3 aliphatic heterocycles. The van der Waals surface area contributed by atoms with Crippen LogP contribution in [0, 0.1) is 25.7 Å². The first-order chi connectivity index (χ1) is 19.6. The lowest BCUT2D eigenvalue weighted by molar-refractivity contribution is -0.145. The Morgan fingerprint density at radius 3 is 2.51 bits per heavy atom. The summed E-state index contributed by atoms with van der Waals surface area (Å²) in [6, 6.07) is 5.42. The summed E-state index contributed by atoms with van der Waals surface area (Å²) in [6.07, 6.45) is 7.94. The number of fused-ring (bicyclic) bond motifs is 1. The second kappa shape index (κ2) is 12.7. The highest BCUT2D eigenvalue weighted by molar-refractivity contribution is 8.02. The molecule has 0 radical (unpaired) electrons. The Balaban J connectivity index is 1.80. The van der Waals surface area contributed by atoms with Gasteiger partial charge >= 0.3 is 0 Å². The maximum atomic E-state index is 14.8. The molecule has 2 bridgehead atoms. The van der Waals surface area contributed by atoms with E-state index in [4.69, 9.17) is 0 Å². The molecule has 1 aromatic carbocycles. The number of hydrogen-bond donors (Lipinski definition) is 1. The van der Waals surface area contributed by atoms with Crippen LogP contribution in [-0.2, 0) is 14.4 Å². The molecule has 2 unspecified atom stereocenters. The van der Waals surface area contributed by atoms with Gasteiger partial charge in [0.05, 0.1) is 16.6 Å². The van der Waals surface area contributed by atoms with Gasteiger partial charge in [0.15, 0.2) is 0 Å². The highest BCUT2D eigenvalue weighted by Gasteiger charge is 2.77. The largest absolute Gasteiger partial charge is 0.396 e. The number of nitrogens with zero attached hydrogens (tertiary/aromatic N) is 3. The van der Waals surface area contributed by atoms with Gasteiger partial charge in [0.2, 0.25) is 11.8 Å². The zero-order valence-corrected chi connectivity index (χ0v) is 26.0. The SMILES string of the molecule is C=CCN(CCC)C(=O)[C@H]1[C@H]2C(=O)N(CCCCCO)C(C(=O)N(CC=C)c3cc(C)ccc3C)C23CC[C@]1(C)S3. The fourth-order valence-electron chi connectivity index (χ4n) is 7.40. The molecule has 8 heteroatoms. The summed E-state index contributed by atoms with van der Waals surface area (Å²) in [5.74, 6) is -1.19. The third kappa shape index (κ3) is 5.50. The predicted octanol–water partition coefficient (Wildman–Crippen LogP) is 4.89. The maximum absolute atomic E-state index is 14.8. The van der Waals surface area contributed by atoms with E-state index in [9.17, 15) is 19.5 Å². The average molecular weight is 582 g/mol. The lowest BCUT2D eigenvalue weighted by Crippen LogP contribution is -2.55. The first-order valence-electron chi connectivity index (χ1n) is 15.1. The van der Waals surface area contributed by atoms with Gasteiger partial charge in [-0.05, 0) is 76.5 Å². The monoisotopic (exact) mass is 581 g/mol. The van der Waals surface area contributed by atoms with E-state index in [0.29, 0.717) is 39.0 Å². The number of carbonyl (C=O) groups excluding carboxylic acids is 3. The molecule has 3 fully saturated rings. The number of benzene rings is 1. The summed E-state index contributed by atoms with van der Waals surface area (Å²) in [6.45, 7) is 17.9. The van der Waals surface area contributed by atoms with Crippen molar-refractivity contribution in [2.45, 2.75) is 81.8 Å². The third-order valence-electron chi connectivity index (χ3n) is 9.22. The molecule has 4 rings (SSSR count). The minimum atomic E-state index is -0.669. The minimum Gasteiger partial charge on any atom is -0.396 e. The Hall–Kier alpha value is -2.58. The predicted molar refractivity (Wildman–Crippen MR) is 167 cm³/mol. The van der Waals surface area contributed by atoms with Crippen LogP contribution in [-0.4, -0.2) is 80.9 Å². The number of likely N-dealkylation sites (tertiary alicyclic amines) is 1. The van der Waals surface area contributed by atoms with Crippen molar-refractivity contribution in [3.05, 3.63) is 54.6 Å². The number of carbonyl (C=O) groups is 3. The van der Waals surface area contributed by atoms with Crippen LogP contribution in [0.15, 0.2) is 43.5 Å². The number of hydrogen-bond acceptors (Lipinski definition) is 5. The molecule has 1 aromatic rings. The molecule has 1 N–H and O–H groups in total. The lowest BCUT2D eigenvalue weighted by Gasteiger charge is -2.38. The number of aliphatic hydroxyl groups is 1. The Morgan fingerprint density at radius 2 is 1.85 bits per heavy atom. The molecule has 3 heterocycles. The van der Waals surface area contributed by atoms with Crippen LogP contribution in [0.3, 0.4) is 0 Å². The van der Waals surface area contributed by atoms with Gasteiger partial charge in [-0.2, -0.15) is 0 Å². The second-order valence-electron chi connectivity index (χ2n) is 12.1. The van der Waals surface area contributed by atoms with Crippen LogP contribution in [0.5, 0.6) is 0 Å². The highest BCUT2D eigenvalue weighted by Crippen LogP contribution is 2.71. The number of unbranched alkanes of at least 4 members (excludes halogenated alkanes) is 2. The van der Waals surface area contributed by atoms with E-state index in [1.165, 1.54) is 0 Å². The van der Waals surface area contributed by atoms with Crippen molar-refractivity contribution in [3.63, 3.8) is 0 Å². The van der Waals surface area contributed by atoms with Crippen LogP contribution >= 0.6 is 11.8 Å². The molecule has 7 nitrogen and oxygen atoms in total. The topological polar surface area (TPSA) is 81.2 Å². The number of amides is 3. The van der Waals surface area contributed by atoms with Gasteiger partial charge in [0.25, 0.3) is 5.91 Å². The first-order valence-corrected chi connectivity index (χ1v) is 15.9. The summed E-state index contributed by atoms with van der Waals surface area (Å²) in [5, 5.41) is 9.33. The summed E-state index contributed by atoms with van der Waals surface area (Å²) >= 11 is 1.72. The number of anilines is 1. The second-order valence-corrected chi connectivity index (χ2v) is 14.0. The van der Waals surface area contributed by atoms with Gasteiger partial charge < -0.3 is 19.8 Å². The van der Waals surface area contributed by atoms with Crippen molar-refractivity contribution in [1.82, 2.24) is 9.80 Å². The number of rotatable bonds is 14. The third-order valence-corrected chi connectivity index (χ3v) is 11.2. The lowest BCUT2D eigenvalue weighted by atomic mass is 9.66. The van der Waals surface area contributed by atoms with Gasteiger partial charge in [0, 0.05) is 43.2 Å². The van der Waals surface area contributed by atoms with Crippen molar-refractivity contribution in [3.8, 4) is 0 Å². The standard InChI is InChI=1S/C33H47N3O4S/c1-7-17-34(18-8-2)29(38)26-27-30(39)36(20-11-10-12-21-37)28(33(27)16-15-32(26,6)41-33)31(40)35(19-9-3)25-22-23(4)13-14-24(25)5/h7,9,13-14,22,26-28,37H,1,3,8,10-12,15-21H2,2,4-6H3/t26-,27+,28?,32+,33?/m1/s1.